The average Bonchev–Trinajstić information content (AvgIpc) is 2.83. The molecule has 0 aliphatic heterocycles. The molecule has 2 N–H and O–H groups in total. The van der Waals surface area contributed by atoms with Crippen molar-refractivity contribution in [2.24, 2.45) is 5.92 Å². The summed E-state index contributed by atoms with van der Waals surface area (Å²) in [6, 6.07) is 0.210. The standard InChI is InChI=1S/C13H26N4O2S/c1-9(2)11(5)17(6)20(18,19)13-12(8-15-16-13)7-14-10(3)4/h8-11,14H,7H2,1-6H3,(H,15,16). The zero-order valence-electron chi connectivity index (χ0n) is 13.1. The molecular weight excluding hydrogens is 276 g/mol. The van der Waals surface area contributed by atoms with E-state index in [0.717, 1.165) is 0 Å². The van der Waals surface area contributed by atoms with Crippen LogP contribution in [0, 0.1) is 5.92 Å². The number of nitrogens with one attached hydrogen (secondary N) is 2. The van der Waals surface area contributed by atoms with Crippen molar-refractivity contribution >= 4 is 10.0 Å². The smallest absolute Gasteiger partial charge is 0.260 e. The van der Waals surface area contributed by atoms with Crippen LogP contribution in [0.15, 0.2) is 11.2 Å². The number of aromatic amines is 1. The molecule has 0 amide bonds. The highest BCUT2D eigenvalue weighted by molar-refractivity contribution is 7.89. The predicted octanol–water partition coefficient (Wildman–Crippen LogP) is 1.57. The third-order valence-electron chi connectivity index (χ3n) is 3.55. The number of aromatic nitrogens is 2. The second-order valence-corrected chi connectivity index (χ2v) is 7.70. The first kappa shape index (κ1) is 17.1. The molecule has 0 aliphatic rings. The van der Waals surface area contributed by atoms with Gasteiger partial charge in [0.1, 0.15) is 0 Å². The van der Waals surface area contributed by atoms with E-state index in [1.165, 1.54) is 4.31 Å². The molecule has 0 fully saturated rings. The second-order valence-electron chi connectivity index (χ2n) is 5.77. The lowest BCUT2D eigenvalue weighted by molar-refractivity contribution is 0.314. The number of nitrogens with zero attached hydrogens (tertiary/aromatic N) is 2. The van der Waals surface area contributed by atoms with Gasteiger partial charge < -0.3 is 5.32 Å². The largest absolute Gasteiger partial charge is 0.310 e. The fraction of sp³-hybridized carbons (Fsp3) is 0.769. The van der Waals surface area contributed by atoms with Gasteiger partial charge in [-0.15, -0.1) is 0 Å². The summed E-state index contributed by atoms with van der Waals surface area (Å²) >= 11 is 0. The van der Waals surface area contributed by atoms with Gasteiger partial charge in [-0.25, -0.2) is 8.42 Å². The molecule has 0 saturated carbocycles. The maximum Gasteiger partial charge on any atom is 0.260 e. The van der Waals surface area contributed by atoms with Gasteiger partial charge in [0, 0.05) is 31.2 Å². The summed E-state index contributed by atoms with van der Waals surface area (Å²) in [7, 11) is -1.93. The molecule has 1 heterocycles. The van der Waals surface area contributed by atoms with E-state index in [2.05, 4.69) is 15.5 Å². The zero-order chi connectivity index (χ0) is 15.5. The van der Waals surface area contributed by atoms with Crippen LogP contribution in [0.2, 0.25) is 0 Å². The van der Waals surface area contributed by atoms with Crippen molar-refractivity contribution in [1.29, 1.82) is 0 Å². The monoisotopic (exact) mass is 302 g/mol. The van der Waals surface area contributed by atoms with Gasteiger partial charge in [0.05, 0.1) is 6.20 Å². The molecule has 0 aliphatic carbocycles. The van der Waals surface area contributed by atoms with Crippen molar-refractivity contribution < 1.29 is 8.42 Å². The maximum absolute atomic E-state index is 12.6. The fourth-order valence-corrected chi connectivity index (χ4v) is 3.34. The molecule has 7 heteroatoms. The van der Waals surface area contributed by atoms with Crippen molar-refractivity contribution in [3.63, 3.8) is 0 Å². The lowest BCUT2D eigenvalue weighted by Crippen LogP contribution is -2.39. The lowest BCUT2D eigenvalue weighted by atomic mass is 10.1. The van der Waals surface area contributed by atoms with Gasteiger partial charge in [0.15, 0.2) is 5.03 Å². The summed E-state index contributed by atoms with van der Waals surface area (Å²) in [6.07, 6.45) is 1.57. The van der Waals surface area contributed by atoms with Crippen LogP contribution in [0.5, 0.6) is 0 Å². The first-order valence-electron chi connectivity index (χ1n) is 6.91. The number of H-pyrrole nitrogens is 1. The van der Waals surface area contributed by atoms with Gasteiger partial charge in [-0.2, -0.15) is 9.40 Å². The third kappa shape index (κ3) is 3.80. The predicted molar refractivity (Wildman–Crippen MR) is 79.8 cm³/mol. The number of rotatable bonds is 7. The SMILES string of the molecule is CC(C)NCc1cn[nH]c1S(=O)(=O)N(C)C(C)C(C)C. The Morgan fingerprint density at radius 2 is 1.90 bits per heavy atom. The van der Waals surface area contributed by atoms with Crippen LogP contribution in [0.25, 0.3) is 0 Å². The van der Waals surface area contributed by atoms with Crippen LogP contribution < -0.4 is 5.32 Å². The minimum absolute atomic E-state index is 0.0748. The lowest BCUT2D eigenvalue weighted by Gasteiger charge is -2.27. The summed E-state index contributed by atoms with van der Waals surface area (Å²) in [6.45, 7) is 10.4. The van der Waals surface area contributed by atoms with E-state index in [-0.39, 0.29) is 23.0 Å². The Bertz CT molecular complexity index is 522. The van der Waals surface area contributed by atoms with E-state index in [9.17, 15) is 8.42 Å². The van der Waals surface area contributed by atoms with Crippen LogP contribution in [0.1, 0.15) is 40.2 Å². The van der Waals surface area contributed by atoms with Gasteiger partial charge in [0.25, 0.3) is 10.0 Å². The van der Waals surface area contributed by atoms with Gasteiger partial charge in [-0.05, 0) is 12.8 Å². The number of sulfonamides is 1. The highest BCUT2D eigenvalue weighted by Crippen LogP contribution is 2.21. The molecule has 20 heavy (non-hydrogen) atoms. The Balaban J connectivity index is 3.01. The highest BCUT2D eigenvalue weighted by Gasteiger charge is 2.30. The zero-order valence-corrected chi connectivity index (χ0v) is 14.0. The van der Waals surface area contributed by atoms with Crippen molar-refractivity contribution in [3.05, 3.63) is 11.8 Å². The van der Waals surface area contributed by atoms with Crippen molar-refractivity contribution in [2.45, 2.75) is 58.3 Å². The summed E-state index contributed by atoms with van der Waals surface area (Å²) in [5, 5.41) is 9.90. The molecule has 1 rings (SSSR count). The van der Waals surface area contributed by atoms with Gasteiger partial charge in [0.2, 0.25) is 0 Å². The Labute approximate surface area is 122 Å². The molecule has 116 valence electrons. The maximum atomic E-state index is 12.6. The summed E-state index contributed by atoms with van der Waals surface area (Å²) < 4.78 is 26.7. The first-order valence-corrected chi connectivity index (χ1v) is 8.35. The summed E-state index contributed by atoms with van der Waals surface area (Å²) in [5.41, 5.74) is 0.668. The average molecular weight is 302 g/mol. The normalized spacial score (nSPS) is 14.4. The Morgan fingerprint density at radius 1 is 1.30 bits per heavy atom. The molecule has 1 aromatic heterocycles. The molecule has 0 bridgehead atoms. The first-order chi connectivity index (χ1) is 9.17. The fourth-order valence-electron chi connectivity index (χ4n) is 1.75. The van der Waals surface area contributed by atoms with Gasteiger partial charge >= 0.3 is 0 Å². The molecule has 1 unspecified atom stereocenters. The van der Waals surface area contributed by atoms with Crippen LogP contribution in [0.4, 0.5) is 0 Å². The molecule has 0 saturated heterocycles. The minimum Gasteiger partial charge on any atom is -0.310 e. The van der Waals surface area contributed by atoms with E-state index in [0.29, 0.717) is 12.1 Å². The van der Waals surface area contributed by atoms with Crippen LogP contribution in [-0.4, -0.2) is 42.1 Å². The molecule has 1 aromatic rings. The van der Waals surface area contributed by atoms with Crippen molar-refractivity contribution in [1.82, 2.24) is 19.8 Å². The van der Waals surface area contributed by atoms with Gasteiger partial charge in [-0.1, -0.05) is 27.7 Å². The Morgan fingerprint density at radius 3 is 2.40 bits per heavy atom. The highest BCUT2D eigenvalue weighted by atomic mass is 32.2. The molecular formula is C13H26N4O2S. The summed E-state index contributed by atoms with van der Waals surface area (Å²) in [5.74, 6) is 0.245. The van der Waals surface area contributed by atoms with E-state index in [4.69, 9.17) is 0 Å². The summed E-state index contributed by atoms with van der Waals surface area (Å²) in [4.78, 5) is 0. The van der Waals surface area contributed by atoms with Gasteiger partial charge in [-0.3, -0.25) is 5.10 Å². The van der Waals surface area contributed by atoms with E-state index in [1.54, 1.807) is 13.2 Å². The minimum atomic E-state index is -3.54. The molecule has 0 aromatic carbocycles. The third-order valence-corrected chi connectivity index (χ3v) is 5.51. The van der Waals surface area contributed by atoms with Crippen LogP contribution in [0.3, 0.4) is 0 Å². The molecule has 1 atom stereocenters. The van der Waals surface area contributed by atoms with Crippen LogP contribution >= 0.6 is 0 Å². The van der Waals surface area contributed by atoms with E-state index in [1.807, 2.05) is 34.6 Å². The van der Waals surface area contributed by atoms with E-state index >= 15 is 0 Å². The molecule has 0 spiro atoms. The number of hydrogen-bond donors (Lipinski definition) is 2. The van der Waals surface area contributed by atoms with Crippen molar-refractivity contribution in [3.8, 4) is 0 Å². The molecule has 0 radical (unpaired) electrons. The van der Waals surface area contributed by atoms with Crippen LogP contribution in [-0.2, 0) is 16.6 Å². The Kier molecular flexibility index (Phi) is 5.73. The van der Waals surface area contributed by atoms with Crippen molar-refractivity contribution in [2.75, 3.05) is 7.05 Å². The Hall–Kier alpha value is -0.920. The topological polar surface area (TPSA) is 78.1 Å². The molecule has 6 nitrogen and oxygen atoms in total. The number of hydrogen-bond acceptors (Lipinski definition) is 4. The quantitative estimate of drug-likeness (QED) is 0.801. The second kappa shape index (κ2) is 6.69. The van der Waals surface area contributed by atoms with E-state index < -0.39 is 10.0 Å².